The van der Waals surface area contributed by atoms with Crippen LogP contribution in [0.3, 0.4) is 0 Å². The molecule has 0 saturated heterocycles. The summed E-state index contributed by atoms with van der Waals surface area (Å²) in [6.07, 6.45) is 1.15. The molecule has 0 spiro atoms. The van der Waals surface area contributed by atoms with Crippen LogP contribution >= 0.6 is 34.8 Å². The second-order valence-corrected chi connectivity index (χ2v) is 7.12. The highest BCUT2D eigenvalue weighted by molar-refractivity contribution is 6.66. The van der Waals surface area contributed by atoms with Crippen molar-refractivity contribution in [1.29, 1.82) is 0 Å². The van der Waals surface area contributed by atoms with Crippen LogP contribution in [0, 0.1) is 0 Å². The number of hydrogen-bond donors (Lipinski definition) is 0. The summed E-state index contributed by atoms with van der Waals surface area (Å²) in [6, 6.07) is 5.35. The number of ketones is 1. The van der Waals surface area contributed by atoms with Gasteiger partial charge in [-0.15, -0.1) is 0 Å². The zero-order chi connectivity index (χ0) is 18.4. The topological polar surface area (TPSA) is 74.2 Å². The minimum atomic E-state index is -1.83. The molecule has 0 bridgehead atoms. The van der Waals surface area contributed by atoms with E-state index in [1.807, 2.05) is 13.8 Å². The highest BCUT2D eigenvalue weighted by Crippen LogP contribution is 2.35. The van der Waals surface area contributed by atoms with Crippen LogP contribution in [-0.4, -0.2) is 33.9 Å². The summed E-state index contributed by atoms with van der Waals surface area (Å²) in [7, 11) is 0. The number of rotatable bonds is 7. The van der Waals surface area contributed by atoms with Gasteiger partial charge < -0.3 is 9.47 Å². The van der Waals surface area contributed by atoms with Crippen LogP contribution in [0.2, 0.25) is 0 Å². The summed E-state index contributed by atoms with van der Waals surface area (Å²) < 4.78 is 9.36. The van der Waals surface area contributed by atoms with Gasteiger partial charge in [-0.3, -0.25) is 4.79 Å². The fraction of sp³-hybridized carbons (Fsp3) is 0.375. The molecule has 9 heteroatoms. The maximum absolute atomic E-state index is 12.5. The van der Waals surface area contributed by atoms with E-state index >= 15 is 0 Å². The third-order valence-electron chi connectivity index (χ3n) is 3.07. The van der Waals surface area contributed by atoms with Crippen molar-refractivity contribution in [1.82, 2.24) is 15.0 Å². The Labute approximate surface area is 160 Å². The van der Waals surface area contributed by atoms with E-state index in [2.05, 4.69) is 15.0 Å². The minimum Gasteiger partial charge on any atom is -0.490 e. The number of carbonyl (C=O) groups is 1. The van der Waals surface area contributed by atoms with Gasteiger partial charge in [-0.1, -0.05) is 46.9 Å². The Kier molecular flexibility index (Phi) is 6.81. The molecule has 0 saturated carbocycles. The Hall–Kier alpha value is -1.63. The summed E-state index contributed by atoms with van der Waals surface area (Å²) in [6.45, 7) is 4.65. The van der Waals surface area contributed by atoms with E-state index in [-0.39, 0.29) is 23.9 Å². The van der Waals surface area contributed by atoms with Crippen molar-refractivity contribution in [2.24, 2.45) is 0 Å². The van der Waals surface area contributed by atoms with Crippen LogP contribution in [0.5, 0.6) is 11.5 Å². The van der Waals surface area contributed by atoms with Gasteiger partial charge in [-0.05, 0) is 19.9 Å². The van der Waals surface area contributed by atoms with Crippen molar-refractivity contribution in [2.75, 3.05) is 13.2 Å². The molecular formula is C16H16Cl3N3O3. The van der Waals surface area contributed by atoms with Gasteiger partial charge in [0.05, 0.1) is 13.2 Å². The van der Waals surface area contributed by atoms with E-state index in [9.17, 15) is 4.79 Å². The number of para-hydroxylation sites is 1. The molecule has 0 fully saturated rings. The monoisotopic (exact) mass is 403 g/mol. The van der Waals surface area contributed by atoms with Gasteiger partial charge in [0.25, 0.3) is 0 Å². The molecule has 6 nitrogen and oxygen atoms in total. The molecule has 0 aliphatic rings. The largest absolute Gasteiger partial charge is 0.490 e. The maximum atomic E-state index is 12.5. The van der Waals surface area contributed by atoms with Gasteiger partial charge in [0.1, 0.15) is 6.33 Å². The summed E-state index contributed by atoms with van der Waals surface area (Å²) in [5, 5.41) is 0. The number of ether oxygens (including phenoxy) is 2. The zero-order valence-corrected chi connectivity index (χ0v) is 15.9. The molecule has 0 atom stereocenters. The van der Waals surface area contributed by atoms with E-state index in [4.69, 9.17) is 44.3 Å². The Morgan fingerprint density at radius 3 is 2.48 bits per heavy atom. The van der Waals surface area contributed by atoms with Crippen LogP contribution in [0.25, 0.3) is 0 Å². The molecule has 0 radical (unpaired) electrons. The van der Waals surface area contributed by atoms with Crippen LogP contribution in [-0.2, 0) is 10.2 Å². The molecule has 0 N–H and O–H groups in total. The molecule has 1 heterocycles. The Balaban J connectivity index is 2.30. The van der Waals surface area contributed by atoms with Crippen molar-refractivity contribution in [3.05, 3.63) is 41.7 Å². The first-order chi connectivity index (χ1) is 11.9. The van der Waals surface area contributed by atoms with Gasteiger partial charge in [0.2, 0.25) is 9.58 Å². The van der Waals surface area contributed by atoms with E-state index in [1.165, 1.54) is 0 Å². The van der Waals surface area contributed by atoms with Gasteiger partial charge in [0, 0.05) is 12.0 Å². The summed E-state index contributed by atoms with van der Waals surface area (Å²) in [5.41, 5.74) is 0.661. The summed E-state index contributed by atoms with van der Waals surface area (Å²) >= 11 is 17.2. The molecule has 0 amide bonds. The summed E-state index contributed by atoms with van der Waals surface area (Å²) in [4.78, 5) is 24.1. The predicted molar refractivity (Wildman–Crippen MR) is 95.9 cm³/mol. The van der Waals surface area contributed by atoms with Gasteiger partial charge in [0.15, 0.2) is 23.1 Å². The average Bonchev–Trinajstić information content (AvgIpc) is 2.57. The molecule has 2 aromatic rings. The molecule has 134 valence electrons. The van der Waals surface area contributed by atoms with Gasteiger partial charge in [-0.25, -0.2) is 15.0 Å². The third kappa shape index (κ3) is 5.17. The third-order valence-corrected chi connectivity index (χ3v) is 3.58. The number of halogens is 3. The number of nitrogens with zero attached hydrogens (tertiary/aromatic N) is 3. The summed E-state index contributed by atoms with van der Waals surface area (Å²) in [5.74, 6) is 0.556. The van der Waals surface area contributed by atoms with E-state index < -0.39 is 3.79 Å². The van der Waals surface area contributed by atoms with Crippen molar-refractivity contribution >= 4 is 40.6 Å². The second-order valence-electron chi connectivity index (χ2n) is 4.84. The van der Waals surface area contributed by atoms with Crippen LogP contribution in [0.4, 0.5) is 0 Å². The molecule has 0 unspecified atom stereocenters. The van der Waals surface area contributed by atoms with Gasteiger partial charge >= 0.3 is 0 Å². The van der Waals surface area contributed by atoms with Crippen LogP contribution in [0.1, 0.15) is 35.9 Å². The first-order valence-corrected chi connectivity index (χ1v) is 8.67. The Morgan fingerprint density at radius 2 is 1.84 bits per heavy atom. The van der Waals surface area contributed by atoms with Crippen molar-refractivity contribution in [3.8, 4) is 11.5 Å². The number of benzene rings is 1. The quantitative estimate of drug-likeness (QED) is 0.514. The molecule has 0 aliphatic heterocycles. The second kappa shape index (κ2) is 8.65. The molecule has 25 heavy (non-hydrogen) atoms. The molecule has 1 aromatic heterocycles. The van der Waals surface area contributed by atoms with Crippen molar-refractivity contribution < 1.29 is 14.3 Å². The lowest BCUT2D eigenvalue weighted by atomic mass is 10.1. The standard InChI is InChI=1S/C16H16Cl3N3O3/c1-3-24-12-7-5-6-10(13(12)25-4-2)8-11(23)14-20-9-21-15(22-14)16(17,18)19/h5-7,9H,3-4,8H2,1-2H3. The Bertz CT molecular complexity index is 751. The zero-order valence-electron chi connectivity index (χ0n) is 13.6. The van der Waals surface area contributed by atoms with Crippen molar-refractivity contribution in [2.45, 2.75) is 24.1 Å². The highest BCUT2D eigenvalue weighted by Gasteiger charge is 2.28. The number of Topliss-reactive ketones (excluding diaryl/α,β-unsaturated/α-hetero) is 1. The Morgan fingerprint density at radius 1 is 1.12 bits per heavy atom. The lowest BCUT2D eigenvalue weighted by Crippen LogP contribution is -2.15. The highest BCUT2D eigenvalue weighted by atomic mass is 35.6. The molecule has 1 aromatic carbocycles. The number of aromatic nitrogens is 3. The van der Waals surface area contributed by atoms with E-state index in [1.54, 1.807) is 18.2 Å². The predicted octanol–water partition coefficient (Wildman–Crippen LogP) is 3.92. The first-order valence-electron chi connectivity index (χ1n) is 7.53. The van der Waals surface area contributed by atoms with E-state index in [0.29, 0.717) is 30.3 Å². The van der Waals surface area contributed by atoms with E-state index in [0.717, 1.165) is 6.33 Å². The molecular weight excluding hydrogens is 389 g/mol. The lowest BCUT2D eigenvalue weighted by molar-refractivity contribution is 0.0981. The first kappa shape index (κ1) is 19.7. The molecule has 0 aliphatic carbocycles. The normalized spacial score (nSPS) is 11.2. The number of hydrogen-bond acceptors (Lipinski definition) is 6. The number of carbonyl (C=O) groups excluding carboxylic acids is 1. The van der Waals surface area contributed by atoms with Crippen molar-refractivity contribution in [3.63, 3.8) is 0 Å². The van der Waals surface area contributed by atoms with Crippen LogP contribution in [0.15, 0.2) is 24.5 Å². The lowest BCUT2D eigenvalue weighted by Gasteiger charge is -2.14. The SMILES string of the molecule is CCOc1cccc(CC(=O)c2ncnc(C(Cl)(Cl)Cl)n2)c1OCC. The van der Waals surface area contributed by atoms with Crippen LogP contribution < -0.4 is 9.47 Å². The fourth-order valence-electron chi connectivity index (χ4n) is 2.10. The maximum Gasteiger partial charge on any atom is 0.250 e. The smallest absolute Gasteiger partial charge is 0.250 e. The molecule has 2 rings (SSSR count). The average molecular weight is 405 g/mol. The minimum absolute atomic E-state index is 0.0135. The fourth-order valence-corrected chi connectivity index (χ4v) is 2.37. The van der Waals surface area contributed by atoms with Gasteiger partial charge in [-0.2, -0.15) is 0 Å². The number of alkyl halides is 3.